The van der Waals surface area contributed by atoms with Crippen LogP contribution in [-0.4, -0.2) is 17.9 Å². The number of nitrogens with one attached hydrogen (secondary N) is 1. The Kier molecular flexibility index (Phi) is 5.52. The average Bonchev–Trinajstić information content (AvgIpc) is 2.55. The number of amides is 1. The Morgan fingerprint density at radius 1 is 1.25 bits per heavy atom. The Balaban J connectivity index is 2.04. The Hall–Kier alpha value is -2.89. The number of carbonyl (C=O) groups excluding carboxylic acids is 1. The molecule has 2 aromatic carbocycles. The van der Waals surface area contributed by atoms with Gasteiger partial charge in [0, 0.05) is 17.7 Å². The molecular formula is C18H20N2O4. The average molecular weight is 328 g/mol. The highest BCUT2D eigenvalue weighted by atomic mass is 16.6. The van der Waals surface area contributed by atoms with Crippen LogP contribution in [0, 0.1) is 17.0 Å². The van der Waals surface area contributed by atoms with E-state index in [0.717, 1.165) is 22.4 Å². The van der Waals surface area contributed by atoms with Gasteiger partial charge in [0.15, 0.2) is 0 Å². The fourth-order valence-electron chi connectivity index (χ4n) is 2.48. The summed E-state index contributed by atoms with van der Waals surface area (Å²) < 4.78 is 5.34. The summed E-state index contributed by atoms with van der Waals surface area (Å²) in [6.45, 7) is 3.87. The first-order valence-electron chi connectivity index (χ1n) is 7.58. The van der Waals surface area contributed by atoms with Crippen molar-refractivity contribution in [1.29, 1.82) is 0 Å². The van der Waals surface area contributed by atoms with Crippen LogP contribution < -0.4 is 10.1 Å². The number of aryl methyl sites for hydroxylation is 1. The van der Waals surface area contributed by atoms with E-state index in [1.807, 2.05) is 32.0 Å². The van der Waals surface area contributed by atoms with Gasteiger partial charge < -0.3 is 10.1 Å². The van der Waals surface area contributed by atoms with E-state index in [1.165, 1.54) is 12.1 Å². The smallest absolute Gasteiger partial charge is 0.269 e. The SMILES string of the molecule is COc1ccc(C)cc1C(C)NC(=O)Cc1ccc([N+](=O)[O-])cc1. The molecule has 0 saturated carbocycles. The van der Waals surface area contributed by atoms with Crippen molar-refractivity contribution in [3.8, 4) is 5.75 Å². The topological polar surface area (TPSA) is 81.5 Å². The first-order chi connectivity index (χ1) is 11.4. The highest BCUT2D eigenvalue weighted by Crippen LogP contribution is 2.26. The molecule has 24 heavy (non-hydrogen) atoms. The molecule has 0 spiro atoms. The molecule has 1 atom stereocenters. The number of non-ortho nitro benzene ring substituents is 1. The lowest BCUT2D eigenvalue weighted by molar-refractivity contribution is -0.384. The standard InChI is InChI=1S/C18H20N2O4/c1-12-4-9-17(24-3)16(10-12)13(2)19-18(21)11-14-5-7-15(8-6-14)20(22)23/h4-10,13H,11H2,1-3H3,(H,19,21). The van der Waals surface area contributed by atoms with Gasteiger partial charge in [0.1, 0.15) is 5.75 Å². The summed E-state index contributed by atoms with van der Waals surface area (Å²) in [7, 11) is 1.60. The highest BCUT2D eigenvalue weighted by Gasteiger charge is 2.15. The first-order valence-corrected chi connectivity index (χ1v) is 7.58. The maximum absolute atomic E-state index is 12.2. The molecule has 0 aliphatic heterocycles. The maximum Gasteiger partial charge on any atom is 0.269 e. The van der Waals surface area contributed by atoms with E-state index in [0.29, 0.717) is 0 Å². The van der Waals surface area contributed by atoms with E-state index in [4.69, 9.17) is 4.74 Å². The van der Waals surface area contributed by atoms with E-state index in [9.17, 15) is 14.9 Å². The number of nitro groups is 1. The molecule has 2 aromatic rings. The molecule has 0 fully saturated rings. The summed E-state index contributed by atoms with van der Waals surface area (Å²) in [6, 6.07) is 11.6. The Morgan fingerprint density at radius 2 is 1.92 bits per heavy atom. The minimum absolute atomic E-state index is 0.0111. The van der Waals surface area contributed by atoms with E-state index in [2.05, 4.69) is 5.32 Å². The van der Waals surface area contributed by atoms with E-state index in [-0.39, 0.29) is 24.1 Å². The fourth-order valence-corrected chi connectivity index (χ4v) is 2.48. The number of nitro benzene ring substituents is 1. The minimum Gasteiger partial charge on any atom is -0.496 e. The zero-order valence-corrected chi connectivity index (χ0v) is 13.9. The highest BCUT2D eigenvalue weighted by molar-refractivity contribution is 5.79. The second-order valence-corrected chi connectivity index (χ2v) is 5.63. The molecule has 0 aliphatic carbocycles. The number of nitrogens with zero attached hydrogens (tertiary/aromatic N) is 1. The van der Waals surface area contributed by atoms with Crippen molar-refractivity contribution in [2.24, 2.45) is 0 Å². The van der Waals surface area contributed by atoms with Crippen molar-refractivity contribution in [1.82, 2.24) is 5.32 Å². The van der Waals surface area contributed by atoms with Gasteiger partial charge in [-0.15, -0.1) is 0 Å². The summed E-state index contributed by atoms with van der Waals surface area (Å²) in [5, 5.41) is 13.6. The molecule has 1 amide bonds. The number of carbonyl (C=O) groups is 1. The molecule has 2 rings (SSSR count). The monoisotopic (exact) mass is 328 g/mol. The van der Waals surface area contributed by atoms with Crippen molar-refractivity contribution in [3.05, 3.63) is 69.3 Å². The molecule has 0 aromatic heterocycles. The number of hydrogen-bond donors (Lipinski definition) is 1. The number of benzene rings is 2. The molecule has 0 heterocycles. The van der Waals surface area contributed by atoms with E-state index in [1.54, 1.807) is 19.2 Å². The molecule has 1 N–H and O–H groups in total. The number of hydrogen-bond acceptors (Lipinski definition) is 4. The molecule has 126 valence electrons. The van der Waals surface area contributed by atoms with E-state index < -0.39 is 4.92 Å². The van der Waals surface area contributed by atoms with Crippen molar-refractivity contribution < 1.29 is 14.5 Å². The lowest BCUT2D eigenvalue weighted by atomic mass is 10.0. The Morgan fingerprint density at radius 3 is 2.50 bits per heavy atom. The molecule has 6 nitrogen and oxygen atoms in total. The van der Waals surface area contributed by atoms with Crippen molar-refractivity contribution >= 4 is 11.6 Å². The number of ether oxygens (including phenoxy) is 1. The zero-order valence-electron chi connectivity index (χ0n) is 13.9. The second kappa shape index (κ2) is 7.59. The van der Waals surface area contributed by atoms with Crippen molar-refractivity contribution in [2.45, 2.75) is 26.3 Å². The van der Waals surface area contributed by atoms with Crippen LogP contribution in [0.25, 0.3) is 0 Å². The Labute approximate surface area is 140 Å². The summed E-state index contributed by atoms with van der Waals surface area (Å²) in [6.07, 6.45) is 0.163. The van der Waals surface area contributed by atoms with Gasteiger partial charge in [-0.3, -0.25) is 14.9 Å². The van der Waals surface area contributed by atoms with Crippen LogP contribution in [0.4, 0.5) is 5.69 Å². The van der Waals surface area contributed by atoms with Gasteiger partial charge in [0.2, 0.25) is 5.91 Å². The quantitative estimate of drug-likeness (QED) is 0.651. The normalized spacial score (nSPS) is 11.6. The molecule has 0 aliphatic rings. The van der Waals surface area contributed by atoms with Gasteiger partial charge in [-0.2, -0.15) is 0 Å². The van der Waals surface area contributed by atoms with E-state index >= 15 is 0 Å². The Bertz CT molecular complexity index is 741. The van der Waals surface area contributed by atoms with Crippen LogP contribution >= 0.6 is 0 Å². The molecule has 0 bridgehead atoms. The van der Waals surface area contributed by atoms with Crippen LogP contribution in [0.3, 0.4) is 0 Å². The minimum atomic E-state index is -0.462. The summed E-state index contributed by atoms with van der Waals surface area (Å²) in [5.74, 6) is 0.573. The van der Waals surface area contributed by atoms with Gasteiger partial charge in [-0.25, -0.2) is 0 Å². The van der Waals surface area contributed by atoms with Gasteiger partial charge >= 0.3 is 0 Å². The molecule has 1 unspecified atom stereocenters. The third-order valence-corrected chi connectivity index (χ3v) is 3.74. The lowest BCUT2D eigenvalue weighted by Gasteiger charge is -2.18. The maximum atomic E-state index is 12.2. The van der Waals surface area contributed by atoms with Crippen LogP contribution in [0.15, 0.2) is 42.5 Å². The largest absolute Gasteiger partial charge is 0.496 e. The van der Waals surface area contributed by atoms with Crippen LogP contribution in [0.2, 0.25) is 0 Å². The van der Waals surface area contributed by atoms with Gasteiger partial charge in [0.25, 0.3) is 5.69 Å². The van der Waals surface area contributed by atoms with Crippen LogP contribution in [0.5, 0.6) is 5.75 Å². The van der Waals surface area contributed by atoms with Crippen molar-refractivity contribution in [2.75, 3.05) is 7.11 Å². The third-order valence-electron chi connectivity index (χ3n) is 3.74. The molecule has 0 radical (unpaired) electrons. The second-order valence-electron chi connectivity index (χ2n) is 5.63. The molecular weight excluding hydrogens is 308 g/mol. The summed E-state index contributed by atoms with van der Waals surface area (Å²) in [5.41, 5.74) is 2.73. The summed E-state index contributed by atoms with van der Waals surface area (Å²) >= 11 is 0. The third kappa shape index (κ3) is 4.32. The zero-order chi connectivity index (χ0) is 17.7. The van der Waals surface area contributed by atoms with Gasteiger partial charge in [-0.05, 0) is 25.5 Å². The van der Waals surface area contributed by atoms with Crippen molar-refractivity contribution in [3.63, 3.8) is 0 Å². The first kappa shape index (κ1) is 17.5. The fraction of sp³-hybridized carbons (Fsp3) is 0.278. The molecule has 0 saturated heterocycles. The van der Waals surface area contributed by atoms with Crippen LogP contribution in [0.1, 0.15) is 29.7 Å². The van der Waals surface area contributed by atoms with Gasteiger partial charge in [-0.1, -0.05) is 29.8 Å². The number of rotatable bonds is 6. The predicted molar refractivity (Wildman–Crippen MR) is 91.1 cm³/mol. The van der Waals surface area contributed by atoms with Crippen LogP contribution in [-0.2, 0) is 11.2 Å². The molecule has 6 heteroatoms. The summed E-state index contributed by atoms with van der Waals surface area (Å²) in [4.78, 5) is 22.4. The predicted octanol–water partition coefficient (Wildman–Crippen LogP) is 3.33. The lowest BCUT2D eigenvalue weighted by Crippen LogP contribution is -2.28. The number of methoxy groups -OCH3 is 1. The van der Waals surface area contributed by atoms with Gasteiger partial charge in [0.05, 0.1) is 24.5 Å².